The third-order valence-corrected chi connectivity index (χ3v) is 2.73. The van der Waals surface area contributed by atoms with Gasteiger partial charge in [0.15, 0.2) is 0 Å². The molecule has 0 unspecified atom stereocenters. The molecule has 0 bridgehead atoms. The van der Waals surface area contributed by atoms with Crippen molar-refractivity contribution in [1.82, 2.24) is 10.6 Å². The second kappa shape index (κ2) is 3.90. The highest BCUT2D eigenvalue weighted by molar-refractivity contribution is 5.76. The summed E-state index contributed by atoms with van der Waals surface area (Å²) in [5, 5.41) is 0. The molecule has 0 aromatic carbocycles. The molecule has 12 heavy (non-hydrogen) atoms. The van der Waals surface area contributed by atoms with Gasteiger partial charge in [0.05, 0.1) is 5.92 Å². The molecule has 0 aromatic heterocycles. The SMILES string of the molecule is CN(C)[C@@H]1CCCC[C@@H]1C([NH])=O. The molecule has 1 rings (SSSR count). The average Bonchev–Trinajstić information content (AvgIpc) is 2.04. The van der Waals surface area contributed by atoms with Crippen LogP contribution in [0.4, 0.5) is 0 Å². The number of hydrogen-bond acceptors (Lipinski definition) is 2. The smallest absolute Gasteiger partial charge is 0.243 e. The van der Waals surface area contributed by atoms with Gasteiger partial charge in [-0.15, -0.1) is 0 Å². The van der Waals surface area contributed by atoms with Gasteiger partial charge in [0.1, 0.15) is 0 Å². The molecule has 0 saturated heterocycles. The Labute approximate surface area is 73.9 Å². The van der Waals surface area contributed by atoms with Crippen LogP contribution >= 0.6 is 0 Å². The van der Waals surface area contributed by atoms with Crippen molar-refractivity contribution in [2.45, 2.75) is 31.7 Å². The normalized spacial score (nSPS) is 30.6. The molecule has 1 fully saturated rings. The number of hydrogen-bond donors (Lipinski definition) is 0. The molecular formula is C9H17N2O. The first-order valence-corrected chi connectivity index (χ1v) is 4.55. The molecule has 0 spiro atoms. The first-order chi connectivity index (χ1) is 5.63. The van der Waals surface area contributed by atoms with Gasteiger partial charge in [0.25, 0.3) is 0 Å². The van der Waals surface area contributed by atoms with Crippen LogP contribution in [-0.4, -0.2) is 30.9 Å². The summed E-state index contributed by atoms with van der Waals surface area (Å²) in [7, 11) is 3.98. The highest BCUT2D eigenvalue weighted by Gasteiger charge is 2.30. The van der Waals surface area contributed by atoms with E-state index in [0.717, 1.165) is 19.3 Å². The van der Waals surface area contributed by atoms with Crippen LogP contribution in [0.2, 0.25) is 0 Å². The van der Waals surface area contributed by atoms with Crippen LogP contribution in [-0.2, 0) is 4.79 Å². The third-order valence-electron chi connectivity index (χ3n) is 2.73. The van der Waals surface area contributed by atoms with Crippen LogP contribution in [0.3, 0.4) is 0 Å². The van der Waals surface area contributed by atoms with Gasteiger partial charge >= 0.3 is 0 Å². The van der Waals surface area contributed by atoms with Crippen molar-refractivity contribution in [2.24, 2.45) is 5.92 Å². The Hall–Kier alpha value is -0.570. The Morgan fingerprint density at radius 1 is 1.33 bits per heavy atom. The second-order valence-electron chi connectivity index (χ2n) is 3.79. The maximum Gasteiger partial charge on any atom is 0.243 e. The first-order valence-electron chi connectivity index (χ1n) is 4.55. The topological polar surface area (TPSA) is 44.1 Å². The van der Waals surface area contributed by atoms with E-state index in [4.69, 9.17) is 5.73 Å². The van der Waals surface area contributed by atoms with Crippen molar-refractivity contribution in [3.63, 3.8) is 0 Å². The van der Waals surface area contributed by atoms with Crippen molar-refractivity contribution in [3.05, 3.63) is 0 Å². The molecule has 1 radical (unpaired) electrons. The van der Waals surface area contributed by atoms with E-state index >= 15 is 0 Å². The van der Waals surface area contributed by atoms with E-state index in [1.54, 1.807) is 0 Å². The molecule has 0 aliphatic heterocycles. The van der Waals surface area contributed by atoms with Gasteiger partial charge in [0.2, 0.25) is 5.91 Å². The Morgan fingerprint density at radius 2 is 1.92 bits per heavy atom. The lowest BCUT2D eigenvalue weighted by molar-refractivity contribution is -0.125. The number of amides is 1. The minimum absolute atomic E-state index is 0.0336. The van der Waals surface area contributed by atoms with Crippen LogP contribution in [0.1, 0.15) is 25.7 Å². The van der Waals surface area contributed by atoms with Crippen molar-refractivity contribution in [1.29, 1.82) is 0 Å². The summed E-state index contributed by atoms with van der Waals surface area (Å²) in [4.78, 5) is 13.0. The minimum atomic E-state index is -0.381. The third kappa shape index (κ3) is 1.97. The molecule has 3 nitrogen and oxygen atoms in total. The molecule has 1 amide bonds. The van der Waals surface area contributed by atoms with Crippen molar-refractivity contribution >= 4 is 5.91 Å². The van der Waals surface area contributed by atoms with E-state index in [9.17, 15) is 4.79 Å². The van der Waals surface area contributed by atoms with Crippen molar-refractivity contribution in [2.75, 3.05) is 14.1 Å². The molecule has 2 atom stereocenters. The van der Waals surface area contributed by atoms with E-state index in [2.05, 4.69) is 4.90 Å². The number of nitrogens with one attached hydrogen (secondary N) is 1. The minimum Gasteiger partial charge on any atom is -0.306 e. The average molecular weight is 169 g/mol. The fourth-order valence-electron chi connectivity index (χ4n) is 2.04. The molecule has 1 saturated carbocycles. The van der Waals surface area contributed by atoms with E-state index in [-0.39, 0.29) is 11.8 Å². The fraction of sp³-hybridized carbons (Fsp3) is 0.889. The van der Waals surface area contributed by atoms with Crippen molar-refractivity contribution < 1.29 is 4.79 Å². The molecule has 1 aliphatic rings. The van der Waals surface area contributed by atoms with E-state index in [1.807, 2.05) is 14.1 Å². The number of carbonyl (C=O) groups is 1. The maximum absolute atomic E-state index is 11.0. The lowest BCUT2D eigenvalue weighted by Crippen LogP contribution is -2.41. The number of rotatable bonds is 2. The monoisotopic (exact) mass is 169 g/mol. The van der Waals surface area contributed by atoms with E-state index < -0.39 is 0 Å². The van der Waals surface area contributed by atoms with Gasteiger partial charge in [0, 0.05) is 6.04 Å². The summed E-state index contributed by atoms with van der Waals surface area (Å²) in [5.41, 5.74) is 7.13. The van der Waals surface area contributed by atoms with Crippen LogP contribution in [0.5, 0.6) is 0 Å². The van der Waals surface area contributed by atoms with Crippen LogP contribution in [0.25, 0.3) is 0 Å². The highest BCUT2D eigenvalue weighted by atomic mass is 16.1. The van der Waals surface area contributed by atoms with Gasteiger partial charge in [-0.3, -0.25) is 10.5 Å². The zero-order valence-corrected chi connectivity index (χ0v) is 7.84. The summed E-state index contributed by atoms with van der Waals surface area (Å²) < 4.78 is 0. The lowest BCUT2D eigenvalue weighted by atomic mass is 9.83. The summed E-state index contributed by atoms with van der Waals surface area (Å²) in [6.45, 7) is 0. The molecule has 3 heteroatoms. The van der Waals surface area contributed by atoms with Gasteiger partial charge < -0.3 is 4.90 Å². The second-order valence-corrected chi connectivity index (χ2v) is 3.79. The predicted octanol–water partition coefficient (Wildman–Crippen LogP) is 0.916. The van der Waals surface area contributed by atoms with Crippen LogP contribution in [0, 0.1) is 5.92 Å². The highest BCUT2D eigenvalue weighted by Crippen LogP contribution is 2.26. The Bertz CT molecular complexity index is 168. The summed E-state index contributed by atoms with van der Waals surface area (Å²) in [5.74, 6) is -0.415. The van der Waals surface area contributed by atoms with Gasteiger partial charge in [-0.05, 0) is 26.9 Å². The van der Waals surface area contributed by atoms with Gasteiger partial charge in [-0.1, -0.05) is 12.8 Å². The molecule has 69 valence electrons. The Morgan fingerprint density at radius 3 is 2.33 bits per heavy atom. The molecule has 0 aromatic rings. The first kappa shape index (κ1) is 9.52. The molecule has 0 heterocycles. The molecule has 1 aliphatic carbocycles. The number of nitrogens with zero attached hydrogens (tertiary/aromatic N) is 1. The summed E-state index contributed by atoms with van der Waals surface area (Å²) >= 11 is 0. The zero-order chi connectivity index (χ0) is 9.14. The zero-order valence-electron chi connectivity index (χ0n) is 7.84. The largest absolute Gasteiger partial charge is 0.306 e. The Kier molecular flexibility index (Phi) is 3.09. The lowest BCUT2D eigenvalue weighted by Gasteiger charge is -2.33. The van der Waals surface area contributed by atoms with Crippen LogP contribution < -0.4 is 5.73 Å². The molecule has 1 N–H and O–H groups in total. The van der Waals surface area contributed by atoms with Gasteiger partial charge in [-0.25, -0.2) is 0 Å². The fourth-order valence-corrected chi connectivity index (χ4v) is 2.04. The summed E-state index contributed by atoms with van der Waals surface area (Å²) in [6.07, 6.45) is 4.29. The predicted molar refractivity (Wildman–Crippen MR) is 47.5 cm³/mol. The standard InChI is InChI=1S/C9H17N2O/c1-11(2)8-6-4-3-5-7(8)9(10)12/h7-8,10H,3-6H2,1-2H3/t7-,8+/m0/s1. The van der Waals surface area contributed by atoms with Crippen molar-refractivity contribution in [3.8, 4) is 0 Å². The van der Waals surface area contributed by atoms with Crippen LogP contribution in [0.15, 0.2) is 0 Å². The Balaban J connectivity index is 2.60. The van der Waals surface area contributed by atoms with Gasteiger partial charge in [-0.2, -0.15) is 0 Å². The summed E-state index contributed by atoms with van der Waals surface area (Å²) in [6, 6.07) is 0.309. The van der Waals surface area contributed by atoms with E-state index in [1.165, 1.54) is 6.42 Å². The quantitative estimate of drug-likeness (QED) is 0.617. The number of carbonyl (C=O) groups excluding carboxylic acids is 1. The maximum atomic E-state index is 11.0. The molecular weight excluding hydrogens is 152 g/mol. The van der Waals surface area contributed by atoms with E-state index in [0.29, 0.717) is 6.04 Å².